The van der Waals surface area contributed by atoms with Crippen LogP contribution in [0.1, 0.15) is 19.4 Å². The van der Waals surface area contributed by atoms with E-state index in [1.54, 1.807) is 6.92 Å². The number of halogens is 1. The lowest BCUT2D eigenvalue weighted by Crippen LogP contribution is -2.16. The standard InChI is InChI=1S/C24H22ClN3O2S/c1-4-30-24(29)16(3)31-23-21-19(17-8-6-5-7-9-17)13-28(22(21)26-14-27-23)18-11-10-15(2)20(25)12-18/h5-14,16H,4H2,1-3H3/t16-/m1/s1. The first-order valence-corrected chi connectivity index (χ1v) is 11.3. The zero-order valence-corrected chi connectivity index (χ0v) is 19.1. The van der Waals surface area contributed by atoms with Crippen LogP contribution in [0.15, 0.2) is 66.1 Å². The number of aryl methyl sites for hydroxylation is 1. The fraction of sp³-hybridized carbons (Fsp3) is 0.208. The van der Waals surface area contributed by atoms with Crippen molar-refractivity contribution < 1.29 is 9.53 Å². The van der Waals surface area contributed by atoms with Crippen LogP contribution in [0.5, 0.6) is 0 Å². The Morgan fingerprint density at radius 1 is 1.19 bits per heavy atom. The predicted octanol–water partition coefficient (Wildman–Crippen LogP) is 6.09. The average Bonchev–Trinajstić information content (AvgIpc) is 3.17. The Hall–Kier alpha value is -2.83. The summed E-state index contributed by atoms with van der Waals surface area (Å²) in [6, 6.07) is 16.0. The third kappa shape index (κ3) is 4.31. The number of hydrogen-bond acceptors (Lipinski definition) is 5. The second-order valence-corrected chi connectivity index (χ2v) is 8.84. The molecule has 1 atom stereocenters. The quantitative estimate of drug-likeness (QED) is 0.201. The Balaban J connectivity index is 1.91. The maximum Gasteiger partial charge on any atom is 0.319 e. The first-order chi connectivity index (χ1) is 15.0. The summed E-state index contributed by atoms with van der Waals surface area (Å²) < 4.78 is 7.20. The number of rotatable bonds is 6. The number of hydrogen-bond donors (Lipinski definition) is 0. The lowest BCUT2D eigenvalue weighted by atomic mass is 10.1. The van der Waals surface area contributed by atoms with Crippen molar-refractivity contribution in [2.75, 3.05) is 6.61 Å². The van der Waals surface area contributed by atoms with Crippen LogP contribution in [0.3, 0.4) is 0 Å². The van der Waals surface area contributed by atoms with Crippen molar-refractivity contribution in [3.63, 3.8) is 0 Å². The normalized spacial score (nSPS) is 12.1. The minimum absolute atomic E-state index is 0.259. The molecule has 2 aromatic heterocycles. The van der Waals surface area contributed by atoms with Crippen LogP contribution in [0.2, 0.25) is 5.02 Å². The summed E-state index contributed by atoms with van der Waals surface area (Å²) in [4.78, 5) is 21.3. The smallest absolute Gasteiger partial charge is 0.319 e. The van der Waals surface area contributed by atoms with Gasteiger partial charge in [-0.15, -0.1) is 0 Å². The van der Waals surface area contributed by atoms with Crippen LogP contribution in [0.25, 0.3) is 27.8 Å². The number of benzene rings is 2. The molecule has 0 amide bonds. The van der Waals surface area contributed by atoms with Crippen molar-refractivity contribution >= 4 is 40.4 Å². The molecule has 0 aliphatic carbocycles. The molecule has 0 aliphatic rings. The van der Waals surface area contributed by atoms with E-state index in [4.69, 9.17) is 16.3 Å². The maximum absolute atomic E-state index is 12.2. The van der Waals surface area contributed by atoms with Crippen LogP contribution in [-0.2, 0) is 9.53 Å². The van der Waals surface area contributed by atoms with Gasteiger partial charge in [-0.1, -0.05) is 59.8 Å². The van der Waals surface area contributed by atoms with E-state index in [-0.39, 0.29) is 11.2 Å². The molecule has 0 saturated carbocycles. The molecule has 0 fully saturated rings. The topological polar surface area (TPSA) is 57.0 Å². The van der Waals surface area contributed by atoms with Crippen LogP contribution in [-0.4, -0.2) is 32.4 Å². The van der Waals surface area contributed by atoms with Crippen molar-refractivity contribution in [2.24, 2.45) is 0 Å². The lowest BCUT2D eigenvalue weighted by Gasteiger charge is -2.11. The van der Waals surface area contributed by atoms with E-state index in [1.807, 2.05) is 54.8 Å². The Bertz CT molecular complexity index is 1240. The van der Waals surface area contributed by atoms with E-state index in [9.17, 15) is 4.79 Å². The molecule has 0 bridgehead atoms. The summed E-state index contributed by atoms with van der Waals surface area (Å²) in [5.74, 6) is -0.259. The summed E-state index contributed by atoms with van der Waals surface area (Å²) in [6.07, 6.45) is 3.58. The van der Waals surface area contributed by atoms with E-state index in [0.717, 1.165) is 38.4 Å². The summed E-state index contributed by atoms with van der Waals surface area (Å²) in [5.41, 5.74) is 4.72. The van der Waals surface area contributed by atoms with Crippen LogP contribution < -0.4 is 0 Å². The van der Waals surface area contributed by atoms with Gasteiger partial charge in [0.2, 0.25) is 0 Å². The van der Waals surface area contributed by atoms with Crippen LogP contribution in [0, 0.1) is 6.92 Å². The molecule has 0 spiro atoms. The Morgan fingerprint density at radius 3 is 2.68 bits per heavy atom. The first kappa shape index (κ1) is 21.4. The predicted molar refractivity (Wildman–Crippen MR) is 126 cm³/mol. The van der Waals surface area contributed by atoms with E-state index in [2.05, 4.69) is 28.3 Å². The van der Waals surface area contributed by atoms with Gasteiger partial charge in [-0.2, -0.15) is 0 Å². The van der Waals surface area contributed by atoms with Gasteiger partial charge in [0.15, 0.2) is 0 Å². The SMILES string of the molecule is CCOC(=O)[C@@H](C)Sc1ncnc2c1c(-c1ccccc1)cn2-c1ccc(C)c(Cl)c1. The first-order valence-electron chi connectivity index (χ1n) is 10.0. The van der Waals surface area contributed by atoms with Gasteiger partial charge in [0.25, 0.3) is 0 Å². The fourth-order valence-corrected chi connectivity index (χ4v) is 4.46. The second kappa shape index (κ2) is 9.12. The van der Waals surface area contributed by atoms with Gasteiger partial charge in [0.1, 0.15) is 22.3 Å². The summed E-state index contributed by atoms with van der Waals surface area (Å²) in [6.45, 7) is 5.96. The number of nitrogens with zero attached hydrogens (tertiary/aromatic N) is 3. The lowest BCUT2D eigenvalue weighted by molar-refractivity contribution is -0.142. The van der Waals surface area contributed by atoms with Crippen LogP contribution >= 0.6 is 23.4 Å². The van der Waals surface area contributed by atoms with Crippen molar-refractivity contribution in [1.29, 1.82) is 0 Å². The van der Waals surface area contributed by atoms with Gasteiger partial charge in [-0.05, 0) is 44.0 Å². The van der Waals surface area contributed by atoms with Gasteiger partial charge < -0.3 is 9.30 Å². The fourth-order valence-electron chi connectivity index (χ4n) is 3.36. The van der Waals surface area contributed by atoms with Crippen molar-refractivity contribution in [1.82, 2.24) is 14.5 Å². The molecule has 158 valence electrons. The molecule has 7 heteroatoms. The second-order valence-electron chi connectivity index (χ2n) is 7.10. The number of carbonyl (C=O) groups is 1. The third-order valence-corrected chi connectivity index (χ3v) is 6.46. The number of fused-ring (bicyclic) bond motifs is 1. The molecule has 0 N–H and O–H groups in total. The number of carbonyl (C=O) groups excluding carboxylic acids is 1. The maximum atomic E-state index is 12.2. The molecule has 0 saturated heterocycles. The number of thioether (sulfide) groups is 1. The van der Waals surface area contributed by atoms with Gasteiger partial charge >= 0.3 is 5.97 Å². The molecule has 0 aliphatic heterocycles. The van der Waals surface area contributed by atoms with Gasteiger partial charge in [-0.3, -0.25) is 4.79 Å². The Labute approximate surface area is 190 Å². The highest BCUT2D eigenvalue weighted by Gasteiger charge is 2.22. The molecule has 31 heavy (non-hydrogen) atoms. The zero-order valence-electron chi connectivity index (χ0n) is 17.5. The molecule has 4 rings (SSSR count). The van der Waals surface area contributed by atoms with Gasteiger partial charge in [0, 0.05) is 22.5 Å². The van der Waals surface area contributed by atoms with E-state index >= 15 is 0 Å². The number of esters is 1. The van der Waals surface area contributed by atoms with Crippen LogP contribution in [0.4, 0.5) is 0 Å². The molecule has 5 nitrogen and oxygen atoms in total. The van der Waals surface area contributed by atoms with Gasteiger partial charge in [-0.25, -0.2) is 9.97 Å². The van der Waals surface area contributed by atoms with E-state index in [0.29, 0.717) is 11.6 Å². The van der Waals surface area contributed by atoms with E-state index in [1.165, 1.54) is 18.1 Å². The summed E-state index contributed by atoms with van der Waals surface area (Å²) in [5, 5.41) is 1.94. The highest BCUT2D eigenvalue weighted by Crippen LogP contribution is 2.38. The van der Waals surface area contributed by atoms with Gasteiger partial charge in [0.05, 0.1) is 12.0 Å². The average molecular weight is 452 g/mol. The zero-order chi connectivity index (χ0) is 22.0. The van der Waals surface area contributed by atoms with E-state index < -0.39 is 0 Å². The Morgan fingerprint density at radius 2 is 1.97 bits per heavy atom. The third-order valence-electron chi connectivity index (χ3n) is 4.97. The summed E-state index contributed by atoms with van der Waals surface area (Å²) in [7, 11) is 0. The number of aromatic nitrogens is 3. The van der Waals surface area contributed by atoms with Crippen molar-refractivity contribution in [3.8, 4) is 16.8 Å². The monoisotopic (exact) mass is 451 g/mol. The minimum atomic E-state index is -0.390. The molecular formula is C24H22ClN3O2S. The minimum Gasteiger partial charge on any atom is -0.465 e. The molecule has 0 radical (unpaired) electrons. The number of ether oxygens (including phenoxy) is 1. The van der Waals surface area contributed by atoms with Crippen molar-refractivity contribution in [3.05, 3.63) is 71.6 Å². The molecule has 4 aromatic rings. The van der Waals surface area contributed by atoms with Crippen molar-refractivity contribution in [2.45, 2.75) is 31.0 Å². The molecule has 2 aromatic carbocycles. The summed E-state index contributed by atoms with van der Waals surface area (Å²) >= 11 is 7.78. The highest BCUT2D eigenvalue weighted by atomic mass is 35.5. The highest BCUT2D eigenvalue weighted by molar-refractivity contribution is 8.00. The molecule has 2 heterocycles. The largest absolute Gasteiger partial charge is 0.465 e. The molecular weight excluding hydrogens is 430 g/mol. The molecule has 0 unspecified atom stereocenters. The Kier molecular flexibility index (Phi) is 6.30.